The third-order valence-electron chi connectivity index (χ3n) is 5.36. The summed E-state index contributed by atoms with van der Waals surface area (Å²) < 4.78 is 0. The number of carbonyl (C=O) groups excluding carboxylic acids is 2. The Morgan fingerprint density at radius 1 is 0.933 bits per heavy atom. The molecule has 0 bridgehead atoms. The Balaban J connectivity index is 1.39. The van der Waals surface area contributed by atoms with Crippen molar-refractivity contribution in [3.63, 3.8) is 0 Å². The molecule has 0 radical (unpaired) electrons. The highest BCUT2D eigenvalue weighted by molar-refractivity contribution is 6.06. The van der Waals surface area contributed by atoms with Crippen LogP contribution in [-0.4, -0.2) is 31.4 Å². The fraction of sp³-hybridized carbons (Fsp3) is 0.200. The van der Waals surface area contributed by atoms with E-state index in [0.717, 1.165) is 24.3 Å². The highest BCUT2D eigenvalue weighted by atomic mass is 16.2. The molecule has 0 spiro atoms. The average molecular weight is 399 g/mol. The lowest BCUT2D eigenvalue weighted by molar-refractivity contribution is -0.115. The maximum Gasteiger partial charge on any atom is 0.258 e. The molecule has 0 aliphatic carbocycles. The van der Waals surface area contributed by atoms with E-state index >= 15 is 0 Å². The zero-order chi connectivity index (χ0) is 20.9. The molecule has 2 amide bonds. The lowest BCUT2D eigenvalue weighted by atomic mass is 10.1. The predicted octanol–water partition coefficient (Wildman–Crippen LogP) is 4.35. The van der Waals surface area contributed by atoms with E-state index in [0.29, 0.717) is 24.3 Å². The molecule has 0 aromatic heterocycles. The first-order valence-corrected chi connectivity index (χ1v) is 10.3. The lowest BCUT2D eigenvalue weighted by Gasteiger charge is -2.21. The van der Waals surface area contributed by atoms with Gasteiger partial charge in [0.05, 0.1) is 6.54 Å². The maximum atomic E-state index is 12.9. The number of para-hydroxylation sites is 2. The third kappa shape index (κ3) is 4.20. The summed E-state index contributed by atoms with van der Waals surface area (Å²) in [5.41, 5.74) is 4.56. The Labute approximate surface area is 176 Å². The van der Waals surface area contributed by atoms with Crippen LogP contribution in [0.25, 0.3) is 0 Å². The Hall–Kier alpha value is -3.60. The Morgan fingerprint density at radius 2 is 1.63 bits per heavy atom. The van der Waals surface area contributed by atoms with Gasteiger partial charge in [0.15, 0.2) is 0 Å². The van der Waals surface area contributed by atoms with Gasteiger partial charge in [-0.05, 0) is 61.4 Å². The van der Waals surface area contributed by atoms with Crippen molar-refractivity contribution < 1.29 is 9.59 Å². The quantitative estimate of drug-likeness (QED) is 0.670. The van der Waals surface area contributed by atoms with Gasteiger partial charge in [0.25, 0.3) is 5.91 Å². The van der Waals surface area contributed by atoms with E-state index in [-0.39, 0.29) is 11.8 Å². The van der Waals surface area contributed by atoms with Crippen molar-refractivity contribution in [3.8, 4) is 0 Å². The number of carbonyl (C=O) groups is 2. The van der Waals surface area contributed by atoms with Crippen LogP contribution in [0.15, 0.2) is 78.9 Å². The molecular formula is C25H25N3O2. The second kappa shape index (κ2) is 8.82. The van der Waals surface area contributed by atoms with E-state index in [9.17, 15) is 9.59 Å². The number of nitrogens with zero attached hydrogens (tertiary/aromatic N) is 2. The summed E-state index contributed by atoms with van der Waals surface area (Å²) in [6, 6.07) is 24.9. The van der Waals surface area contributed by atoms with Crippen LogP contribution in [-0.2, 0) is 11.2 Å². The average Bonchev–Trinajstić information content (AvgIpc) is 3.18. The molecule has 0 saturated carbocycles. The molecule has 0 unspecified atom stereocenters. The molecular weight excluding hydrogens is 374 g/mol. The summed E-state index contributed by atoms with van der Waals surface area (Å²) in [6.45, 7) is 3.70. The fourth-order valence-corrected chi connectivity index (χ4v) is 3.85. The molecule has 4 rings (SSSR count). The van der Waals surface area contributed by atoms with Crippen LogP contribution >= 0.6 is 0 Å². The van der Waals surface area contributed by atoms with Crippen molar-refractivity contribution in [2.45, 2.75) is 13.3 Å². The first-order valence-electron chi connectivity index (χ1n) is 10.3. The van der Waals surface area contributed by atoms with Crippen molar-refractivity contribution in [1.82, 2.24) is 0 Å². The highest BCUT2D eigenvalue weighted by Crippen LogP contribution is 2.27. The summed E-state index contributed by atoms with van der Waals surface area (Å²) in [4.78, 5) is 29.2. The number of anilines is 3. The number of hydrogen-bond acceptors (Lipinski definition) is 3. The first kappa shape index (κ1) is 19.7. The molecule has 1 aliphatic heterocycles. The van der Waals surface area contributed by atoms with Crippen LogP contribution in [0, 0.1) is 0 Å². The smallest absolute Gasteiger partial charge is 0.258 e. The predicted molar refractivity (Wildman–Crippen MR) is 121 cm³/mol. The number of hydrogen-bond donors (Lipinski definition) is 1. The number of nitrogens with one attached hydrogen (secondary N) is 1. The van der Waals surface area contributed by atoms with Crippen LogP contribution in [0.3, 0.4) is 0 Å². The molecule has 5 heteroatoms. The standard InChI is InChI=1S/C25H25N3O2/c1-2-28(22-9-4-3-5-10-22)25(30)20-12-14-21(15-13-20)26-24(29)18-27-17-16-19-8-6-7-11-23(19)27/h3-15H,2,16-18H2,1H3,(H,26,29). The van der Waals surface area contributed by atoms with E-state index in [1.165, 1.54) is 5.56 Å². The lowest BCUT2D eigenvalue weighted by Crippen LogP contribution is -2.32. The Morgan fingerprint density at radius 3 is 2.37 bits per heavy atom. The summed E-state index contributed by atoms with van der Waals surface area (Å²) in [5.74, 6) is -0.125. The van der Waals surface area contributed by atoms with Crippen LogP contribution in [0.2, 0.25) is 0 Å². The van der Waals surface area contributed by atoms with Gasteiger partial charge in [-0.15, -0.1) is 0 Å². The zero-order valence-corrected chi connectivity index (χ0v) is 17.0. The van der Waals surface area contributed by atoms with Crippen LogP contribution < -0.4 is 15.1 Å². The van der Waals surface area contributed by atoms with Crippen LogP contribution in [0.4, 0.5) is 17.1 Å². The van der Waals surface area contributed by atoms with Gasteiger partial charge < -0.3 is 15.1 Å². The van der Waals surface area contributed by atoms with Crippen molar-refractivity contribution in [2.75, 3.05) is 34.8 Å². The maximum absolute atomic E-state index is 12.9. The molecule has 3 aromatic rings. The summed E-state index contributed by atoms with van der Waals surface area (Å²) in [6.07, 6.45) is 0.968. The normalized spacial score (nSPS) is 12.4. The molecule has 152 valence electrons. The van der Waals surface area contributed by atoms with Crippen LogP contribution in [0.5, 0.6) is 0 Å². The van der Waals surface area contributed by atoms with Crippen molar-refractivity contribution in [2.24, 2.45) is 0 Å². The van der Waals surface area contributed by atoms with Gasteiger partial charge in [0, 0.05) is 35.7 Å². The summed E-state index contributed by atoms with van der Waals surface area (Å²) in [7, 11) is 0. The molecule has 1 N–H and O–H groups in total. The Bertz CT molecular complexity index is 1030. The first-order chi connectivity index (χ1) is 14.7. The van der Waals surface area contributed by atoms with Crippen molar-refractivity contribution in [1.29, 1.82) is 0 Å². The molecule has 0 saturated heterocycles. The summed E-state index contributed by atoms with van der Waals surface area (Å²) >= 11 is 0. The Kier molecular flexibility index (Phi) is 5.80. The van der Waals surface area contributed by atoms with Gasteiger partial charge in [-0.2, -0.15) is 0 Å². The highest BCUT2D eigenvalue weighted by Gasteiger charge is 2.21. The van der Waals surface area contributed by atoms with Gasteiger partial charge in [-0.25, -0.2) is 0 Å². The summed E-state index contributed by atoms with van der Waals surface area (Å²) in [5, 5.41) is 2.94. The minimum Gasteiger partial charge on any atom is -0.362 e. The van der Waals surface area contributed by atoms with Gasteiger partial charge >= 0.3 is 0 Å². The van der Waals surface area contributed by atoms with Crippen molar-refractivity contribution in [3.05, 3.63) is 90.0 Å². The van der Waals surface area contributed by atoms with Gasteiger partial charge in [0.1, 0.15) is 0 Å². The number of rotatable bonds is 6. The van der Waals surface area contributed by atoms with E-state index in [2.05, 4.69) is 22.3 Å². The van der Waals surface area contributed by atoms with Gasteiger partial charge in [-0.3, -0.25) is 9.59 Å². The van der Waals surface area contributed by atoms with Crippen molar-refractivity contribution >= 4 is 28.9 Å². The molecule has 0 atom stereocenters. The number of amides is 2. The minimum atomic E-state index is -0.0646. The van der Waals surface area contributed by atoms with Crippen LogP contribution in [0.1, 0.15) is 22.8 Å². The topological polar surface area (TPSA) is 52.7 Å². The fourth-order valence-electron chi connectivity index (χ4n) is 3.85. The second-order valence-corrected chi connectivity index (χ2v) is 7.31. The molecule has 30 heavy (non-hydrogen) atoms. The van der Waals surface area contributed by atoms with E-state index in [1.54, 1.807) is 29.2 Å². The third-order valence-corrected chi connectivity index (χ3v) is 5.36. The molecule has 0 fully saturated rings. The second-order valence-electron chi connectivity index (χ2n) is 7.31. The van der Waals surface area contributed by atoms with E-state index < -0.39 is 0 Å². The monoisotopic (exact) mass is 399 g/mol. The minimum absolute atomic E-state index is 0.0600. The van der Waals surface area contributed by atoms with E-state index in [4.69, 9.17) is 0 Å². The molecule has 3 aromatic carbocycles. The van der Waals surface area contributed by atoms with Gasteiger partial charge in [0.2, 0.25) is 5.91 Å². The SMILES string of the molecule is CCN(C(=O)c1ccc(NC(=O)CN2CCc3ccccc32)cc1)c1ccccc1. The van der Waals surface area contributed by atoms with Gasteiger partial charge in [-0.1, -0.05) is 36.4 Å². The molecule has 1 aliphatic rings. The zero-order valence-electron chi connectivity index (χ0n) is 17.0. The number of benzene rings is 3. The molecule has 5 nitrogen and oxygen atoms in total. The largest absolute Gasteiger partial charge is 0.362 e. The molecule has 1 heterocycles. The van der Waals surface area contributed by atoms with E-state index in [1.807, 2.05) is 49.4 Å². The number of fused-ring (bicyclic) bond motifs is 1.